The van der Waals surface area contributed by atoms with Crippen LogP contribution in [0.5, 0.6) is 0 Å². The normalized spacial score (nSPS) is 24.2. The Balaban J connectivity index is 1.10. The largest absolute Gasteiger partial charge is 0.381 e. The molecule has 5 heterocycles. The van der Waals surface area contributed by atoms with Gasteiger partial charge in [-0.05, 0) is 37.8 Å². The van der Waals surface area contributed by atoms with Gasteiger partial charge in [0.2, 0.25) is 5.91 Å². The number of aromatic nitrogens is 2. The van der Waals surface area contributed by atoms with Crippen molar-refractivity contribution < 1.29 is 14.3 Å². The summed E-state index contributed by atoms with van der Waals surface area (Å²) in [4.78, 5) is 41.0. The molecule has 2 atom stereocenters. The summed E-state index contributed by atoms with van der Waals surface area (Å²) in [5.74, 6) is 0.689. The average molecular weight is 502 g/mol. The maximum Gasteiger partial charge on any atom is 0.257 e. The van der Waals surface area contributed by atoms with Gasteiger partial charge in [0.25, 0.3) is 5.91 Å². The predicted octanol–water partition coefficient (Wildman–Crippen LogP) is 2.57. The van der Waals surface area contributed by atoms with E-state index in [0.29, 0.717) is 31.2 Å². The van der Waals surface area contributed by atoms with Crippen LogP contribution in [0.15, 0.2) is 48.4 Å². The van der Waals surface area contributed by atoms with Gasteiger partial charge in [0.15, 0.2) is 0 Å². The van der Waals surface area contributed by atoms with Crippen LogP contribution in [-0.4, -0.2) is 89.0 Å². The maximum absolute atomic E-state index is 13.2. The molecule has 2 aromatic rings. The first-order valence-corrected chi connectivity index (χ1v) is 13.4. The van der Waals surface area contributed by atoms with Gasteiger partial charge in [-0.3, -0.25) is 9.59 Å². The van der Waals surface area contributed by atoms with Crippen LogP contribution >= 0.6 is 0 Å². The number of aryl methyl sites for hydroxylation is 2. The SMILES string of the molecule is Cc1ncnc(C)c1C(=O)N1CC2=CN(CCC3(c4ccccc4)CN(C(=O)C4CCOC4)C3)CC2C1. The fourth-order valence-electron chi connectivity index (χ4n) is 6.52. The number of likely N-dealkylation sites (tertiary alicyclic amines) is 2. The van der Waals surface area contributed by atoms with Gasteiger partial charge in [0, 0.05) is 63.4 Å². The first kappa shape index (κ1) is 24.1. The second-order valence-electron chi connectivity index (χ2n) is 11.2. The number of carbonyl (C=O) groups excluding carboxylic acids is 2. The van der Waals surface area contributed by atoms with Crippen LogP contribution in [0.3, 0.4) is 0 Å². The van der Waals surface area contributed by atoms with Crippen molar-refractivity contribution in [2.24, 2.45) is 11.8 Å². The van der Waals surface area contributed by atoms with Crippen molar-refractivity contribution in [2.75, 3.05) is 52.5 Å². The number of hydrogen-bond donors (Lipinski definition) is 0. The highest BCUT2D eigenvalue weighted by atomic mass is 16.5. The molecule has 194 valence electrons. The molecule has 3 fully saturated rings. The van der Waals surface area contributed by atoms with Crippen LogP contribution in [0, 0.1) is 25.7 Å². The molecule has 0 bridgehead atoms. The van der Waals surface area contributed by atoms with E-state index in [1.165, 1.54) is 17.5 Å². The molecule has 1 aromatic carbocycles. The molecule has 0 saturated carbocycles. The lowest BCUT2D eigenvalue weighted by Crippen LogP contribution is -2.63. The molecule has 8 nitrogen and oxygen atoms in total. The number of carbonyl (C=O) groups is 2. The summed E-state index contributed by atoms with van der Waals surface area (Å²) >= 11 is 0. The Morgan fingerprint density at radius 3 is 2.49 bits per heavy atom. The molecule has 3 saturated heterocycles. The van der Waals surface area contributed by atoms with Crippen LogP contribution in [0.25, 0.3) is 0 Å². The van der Waals surface area contributed by atoms with Crippen molar-refractivity contribution in [3.05, 3.63) is 70.9 Å². The molecule has 0 N–H and O–H groups in total. The van der Waals surface area contributed by atoms with E-state index in [2.05, 4.69) is 51.4 Å². The molecular formula is C29H35N5O3. The highest BCUT2D eigenvalue weighted by Gasteiger charge is 2.48. The van der Waals surface area contributed by atoms with E-state index in [0.717, 1.165) is 57.0 Å². The Morgan fingerprint density at radius 1 is 1.05 bits per heavy atom. The van der Waals surface area contributed by atoms with Crippen LogP contribution in [0.2, 0.25) is 0 Å². The monoisotopic (exact) mass is 501 g/mol. The first-order valence-electron chi connectivity index (χ1n) is 13.4. The van der Waals surface area contributed by atoms with E-state index in [1.807, 2.05) is 23.6 Å². The lowest BCUT2D eigenvalue weighted by molar-refractivity contribution is -0.143. The Bertz CT molecular complexity index is 1200. The highest BCUT2D eigenvalue weighted by molar-refractivity contribution is 5.96. The summed E-state index contributed by atoms with van der Waals surface area (Å²) in [6.07, 6.45) is 5.63. The van der Waals surface area contributed by atoms with E-state index in [9.17, 15) is 9.59 Å². The molecule has 4 aliphatic heterocycles. The number of ether oxygens (including phenoxy) is 1. The van der Waals surface area contributed by atoms with Gasteiger partial charge in [0.05, 0.1) is 29.5 Å². The summed E-state index contributed by atoms with van der Waals surface area (Å²) in [5, 5.41) is 0. The third-order valence-corrected chi connectivity index (χ3v) is 8.71. The van der Waals surface area contributed by atoms with E-state index in [1.54, 1.807) is 0 Å². The number of benzene rings is 1. The zero-order chi connectivity index (χ0) is 25.6. The summed E-state index contributed by atoms with van der Waals surface area (Å²) in [6.45, 7) is 9.86. The molecule has 8 heteroatoms. The van der Waals surface area contributed by atoms with Crippen molar-refractivity contribution in [3.8, 4) is 0 Å². The Hall–Kier alpha value is -3.26. The van der Waals surface area contributed by atoms with Crippen LogP contribution in [0.1, 0.15) is 40.2 Å². The van der Waals surface area contributed by atoms with Crippen LogP contribution < -0.4 is 0 Å². The number of rotatable bonds is 6. The predicted molar refractivity (Wildman–Crippen MR) is 139 cm³/mol. The minimum atomic E-state index is -0.00302. The molecule has 2 unspecified atom stereocenters. The van der Waals surface area contributed by atoms with Gasteiger partial charge in [-0.15, -0.1) is 0 Å². The lowest BCUT2D eigenvalue weighted by atomic mass is 9.70. The fraction of sp³-hybridized carbons (Fsp3) is 0.517. The van der Waals surface area contributed by atoms with E-state index in [4.69, 9.17) is 4.74 Å². The Labute approximate surface area is 218 Å². The zero-order valence-corrected chi connectivity index (χ0v) is 21.7. The average Bonchev–Trinajstić information content (AvgIpc) is 3.61. The van der Waals surface area contributed by atoms with E-state index < -0.39 is 0 Å². The maximum atomic E-state index is 13.2. The third-order valence-electron chi connectivity index (χ3n) is 8.71. The van der Waals surface area contributed by atoms with Crippen molar-refractivity contribution in [2.45, 2.75) is 32.1 Å². The van der Waals surface area contributed by atoms with Gasteiger partial charge in [-0.2, -0.15) is 0 Å². The number of amides is 2. The molecular weight excluding hydrogens is 466 g/mol. The van der Waals surface area contributed by atoms with Crippen molar-refractivity contribution in [1.82, 2.24) is 24.7 Å². The summed E-state index contributed by atoms with van der Waals surface area (Å²) in [5.41, 5.74) is 4.77. The molecule has 6 rings (SSSR count). The highest BCUT2D eigenvalue weighted by Crippen LogP contribution is 2.40. The smallest absolute Gasteiger partial charge is 0.257 e. The Kier molecular flexibility index (Phi) is 6.23. The fourth-order valence-corrected chi connectivity index (χ4v) is 6.52. The minimum Gasteiger partial charge on any atom is -0.381 e. The molecule has 0 radical (unpaired) electrons. The van der Waals surface area contributed by atoms with Gasteiger partial charge in [0.1, 0.15) is 6.33 Å². The lowest BCUT2D eigenvalue weighted by Gasteiger charge is -2.52. The standard InChI is InChI=1S/C29H35N5O3/c1-20-26(21(2)31-19-30-20)28(36)33-14-23-12-32(13-24(23)15-33)10-9-29(25-6-4-3-5-7-25)17-34(18-29)27(35)22-8-11-37-16-22/h3-7,12,19,22,24H,8-11,13-18H2,1-2H3. The molecule has 1 aromatic heterocycles. The summed E-state index contributed by atoms with van der Waals surface area (Å²) in [7, 11) is 0. The number of fused-ring (bicyclic) bond motifs is 1. The van der Waals surface area contributed by atoms with E-state index in [-0.39, 0.29) is 23.1 Å². The van der Waals surface area contributed by atoms with Gasteiger partial charge < -0.3 is 19.4 Å². The molecule has 37 heavy (non-hydrogen) atoms. The molecule has 4 aliphatic rings. The topological polar surface area (TPSA) is 78.9 Å². The van der Waals surface area contributed by atoms with Gasteiger partial charge >= 0.3 is 0 Å². The van der Waals surface area contributed by atoms with Gasteiger partial charge in [-0.25, -0.2) is 9.97 Å². The van der Waals surface area contributed by atoms with Crippen molar-refractivity contribution >= 4 is 11.8 Å². The minimum absolute atomic E-state index is 0.00302. The van der Waals surface area contributed by atoms with Crippen LogP contribution in [-0.2, 0) is 14.9 Å². The Morgan fingerprint density at radius 2 is 1.81 bits per heavy atom. The molecule has 0 aliphatic carbocycles. The molecule has 2 amide bonds. The second kappa shape index (κ2) is 9.56. The number of hydrogen-bond acceptors (Lipinski definition) is 6. The summed E-state index contributed by atoms with van der Waals surface area (Å²) in [6, 6.07) is 10.7. The summed E-state index contributed by atoms with van der Waals surface area (Å²) < 4.78 is 5.45. The van der Waals surface area contributed by atoms with Crippen LogP contribution in [0.4, 0.5) is 0 Å². The third kappa shape index (κ3) is 4.41. The quantitative estimate of drug-likeness (QED) is 0.606. The van der Waals surface area contributed by atoms with E-state index >= 15 is 0 Å². The van der Waals surface area contributed by atoms with Crippen molar-refractivity contribution in [1.29, 1.82) is 0 Å². The molecule has 0 spiro atoms. The second-order valence-corrected chi connectivity index (χ2v) is 11.2. The zero-order valence-electron chi connectivity index (χ0n) is 21.7. The van der Waals surface area contributed by atoms with Gasteiger partial charge in [-0.1, -0.05) is 30.3 Å². The first-order chi connectivity index (χ1) is 17.9. The van der Waals surface area contributed by atoms with Crippen molar-refractivity contribution in [3.63, 3.8) is 0 Å². The number of nitrogens with zero attached hydrogens (tertiary/aromatic N) is 5.